The largest absolute Gasteiger partial charge is 0.423 e. The van der Waals surface area contributed by atoms with Gasteiger partial charge in [0.05, 0.1) is 33.5 Å². The summed E-state index contributed by atoms with van der Waals surface area (Å²) < 4.78 is 1.85. The lowest BCUT2D eigenvalue weighted by molar-refractivity contribution is 0.0979. The van der Waals surface area contributed by atoms with E-state index >= 15 is 0 Å². The van der Waals surface area contributed by atoms with E-state index in [4.69, 9.17) is 4.84 Å². The Morgan fingerprint density at radius 1 is 0.725 bits per heavy atom. The van der Waals surface area contributed by atoms with Gasteiger partial charge in [-0.15, -0.1) is 9.46 Å². The molecule has 51 heavy (non-hydrogen) atoms. The van der Waals surface area contributed by atoms with E-state index in [1.807, 2.05) is 44.2 Å². The number of benzene rings is 1. The maximum Gasteiger partial charge on any atom is 0.287 e. The molecule has 0 saturated carbocycles. The lowest BCUT2D eigenvalue weighted by Crippen LogP contribution is -2.33. The van der Waals surface area contributed by atoms with Crippen LogP contribution in [0.15, 0.2) is 64.7 Å². The normalized spacial score (nSPS) is 16.2. The molecule has 2 fully saturated rings. The summed E-state index contributed by atoms with van der Waals surface area (Å²) in [4.78, 5) is 52.1. The SMILES string of the molecule is Cc1ncnc2c1c(NCC1CCN(C)CC1)cc(=O)n2O.Cc1ncnc2c1c(NCC1CCN(C)CC1)cc(=O)n2OCc1ccccc1. The van der Waals surface area contributed by atoms with Crippen molar-refractivity contribution in [3.05, 3.63) is 92.8 Å². The Bertz CT molecular complexity index is 2050. The van der Waals surface area contributed by atoms with Crippen LogP contribution in [0.25, 0.3) is 22.1 Å². The van der Waals surface area contributed by atoms with Crippen molar-refractivity contribution in [2.24, 2.45) is 11.8 Å². The number of likely N-dealkylation sites (tertiary alicyclic amines) is 2. The van der Waals surface area contributed by atoms with Crippen LogP contribution in [0, 0.1) is 25.7 Å². The molecule has 0 atom stereocenters. The molecule has 0 spiro atoms. The Morgan fingerprint density at radius 3 is 1.76 bits per heavy atom. The number of aromatic nitrogens is 6. The van der Waals surface area contributed by atoms with Gasteiger partial charge in [-0.3, -0.25) is 9.59 Å². The van der Waals surface area contributed by atoms with Crippen LogP contribution >= 0.6 is 0 Å². The van der Waals surface area contributed by atoms with Gasteiger partial charge in [0, 0.05) is 25.2 Å². The van der Waals surface area contributed by atoms with Gasteiger partial charge in [-0.25, -0.2) is 19.9 Å². The molecule has 0 bridgehead atoms. The average molecular weight is 697 g/mol. The highest BCUT2D eigenvalue weighted by atomic mass is 16.7. The van der Waals surface area contributed by atoms with Crippen molar-refractivity contribution in [3.63, 3.8) is 0 Å². The third-order valence-electron chi connectivity index (χ3n) is 9.95. The zero-order valence-corrected chi connectivity index (χ0v) is 29.9. The summed E-state index contributed by atoms with van der Waals surface area (Å²) in [6.07, 6.45) is 7.44. The standard InChI is InChI=1S/C22H27N5O2.C15H21N5O2/c1-16-21-19(23-13-17-8-10-26(2)11-9-17)12-20(28)27(22(21)25-15-24-16)29-14-18-6-4-3-5-7-18;1-10-14-12(16-8-11-3-5-19(2)6-4-11)7-13(21)20(22)15(14)18-9-17-10/h3-7,12,15,17,23H,8-11,13-14H2,1-2H3;7,9,11,16,22H,3-6,8H2,1-2H3. The zero-order valence-electron chi connectivity index (χ0n) is 29.9. The van der Waals surface area contributed by atoms with Crippen LogP contribution in [-0.4, -0.2) is 97.8 Å². The van der Waals surface area contributed by atoms with Crippen molar-refractivity contribution >= 4 is 33.4 Å². The van der Waals surface area contributed by atoms with Gasteiger partial charge in [-0.05, 0) is 97.2 Å². The van der Waals surface area contributed by atoms with Gasteiger partial charge in [0.25, 0.3) is 11.1 Å². The maximum atomic E-state index is 12.8. The second-order valence-electron chi connectivity index (χ2n) is 13.7. The fourth-order valence-corrected chi connectivity index (χ4v) is 6.75. The summed E-state index contributed by atoms with van der Waals surface area (Å²) in [7, 11) is 4.30. The molecule has 2 aliphatic heterocycles. The molecule has 2 saturated heterocycles. The van der Waals surface area contributed by atoms with Crippen molar-refractivity contribution in [1.82, 2.24) is 39.2 Å². The molecule has 1 aromatic carbocycles. The topological polar surface area (TPSA) is 156 Å². The molecule has 14 heteroatoms. The van der Waals surface area contributed by atoms with Crippen LogP contribution in [0.1, 0.15) is 42.6 Å². The monoisotopic (exact) mass is 696 g/mol. The van der Waals surface area contributed by atoms with E-state index in [2.05, 4.69) is 54.5 Å². The summed E-state index contributed by atoms with van der Waals surface area (Å²) in [6.45, 7) is 10.2. The van der Waals surface area contributed by atoms with E-state index in [0.29, 0.717) is 39.9 Å². The molecule has 0 aliphatic carbocycles. The fraction of sp³-hybridized carbons (Fsp3) is 0.459. The van der Waals surface area contributed by atoms with Gasteiger partial charge in [-0.2, -0.15) is 0 Å². The number of hydrogen-bond acceptors (Lipinski definition) is 12. The van der Waals surface area contributed by atoms with Gasteiger partial charge in [0.1, 0.15) is 19.3 Å². The Kier molecular flexibility index (Phi) is 11.4. The number of nitrogens with zero attached hydrogens (tertiary/aromatic N) is 8. The minimum absolute atomic E-state index is 0.239. The molecule has 5 aromatic rings. The first-order valence-corrected chi connectivity index (χ1v) is 17.6. The summed E-state index contributed by atoms with van der Waals surface area (Å²) in [6, 6.07) is 12.8. The van der Waals surface area contributed by atoms with Crippen molar-refractivity contribution in [2.75, 3.05) is 64.0 Å². The summed E-state index contributed by atoms with van der Waals surface area (Å²) in [5.74, 6) is 1.19. The van der Waals surface area contributed by atoms with Crippen LogP contribution < -0.4 is 26.6 Å². The number of aryl methyl sites for hydroxylation is 2. The van der Waals surface area contributed by atoms with E-state index in [0.717, 1.165) is 93.0 Å². The lowest BCUT2D eigenvalue weighted by atomic mass is 9.97. The third-order valence-corrected chi connectivity index (χ3v) is 9.95. The predicted octanol–water partition coefficient (Wildman–Crippen LogP) is 3.57. The number of nitrogens with one attached hydrogen (secondary N) is 2. The molecular formula is C37H48N10O4. The molecule has 0 unspecified atom stereocenters. The third kappa shape index (κ3) is 8.63. The molecule has 2 aliphatic rings. The number of fused-ring (bicyclic) bond motifs is 2. The highest BCUT2D eigenvalue weighted by Crippen LogP contribution is 2.25. The van der Waals surface area contributed by atoms with Gasteiger partial charge in [0.15, 0.2) is 11.3 Å². The summed E-state index contributed by atoms with van der Waals surface area (Å²) in [5, 5.41) is 18.2. The number of rotatable bonds is 9. The molecule has 7 rings (SSSR count). The predicted molar refractivity (Wildman–Crippen MR) is 198 cm³/mol. The summed E-state index contributed by atoms with van der Waals surface area (Å²) >= 11 is 0. The first-order chi connectivity index (χ1) is 24.7. The Hall–Kier alpha value is -5.08. The Labute approximate surface area is 297 Å². The van der Waals surface area contributed by atoms with Crippen molar-refractivity contribution in [2.45, 2.75) is 46.1 Å². The van der Waals surface area contributed by atoms with Gasteiger partial charge >= 0.3 is 0 Å². The number of anilines is 2. The zero-order chi connectivity index (χ0) is 35.9. The van der Waals surface area contributed by atoms with E-state index < -0.39 is 5.56 Å². The molecule has 4 aromatic heterocycles. The number of piperidine rings is 2. The second kappa shape index (κ2) is 16.3. The quantitative estimate of drug-likeness (QED) is 0.193. The van der Waals surface area contributed by atoms with Crippen LogP contribution in [0.4, 0.5) is 11.4 Å². The van der Waals surface area contributed by atoms with Crippen LogP contribution in [0.3, 0.4) is 0 Å². The van der Waals surface area contributed by atoms with Crippen molar-refractivity contribution in [1.29, 1.82) is 0 Å². The first kappa shape index (κ1) is 35.7. The van der Waals surface area contributed by atoms with Crippen LogP contribution in [-0.2, 0) is 6.61 Å². The Balaban J connectivity index is 0.000000183. The molecular weight excluding hydrogens is 648 g/mol. The number of hydrogen-bond donors (Lipinski definition) is 3. The fourth-order valence-electron chi connectivity index (χ4n) is 6.75. The average Bonchev–Trinajstić information content (AvgIpc) is 3.13. The minimum Gasteiger partial charge on any atom is -0.423 e. The van der Waals surface area contributed by atoms with Crippen molar-refractivity contribution in [3.8, 4) is 0 Å². The Morgan fingerprint density at radius 2 is 1.22 bits per heavy atom. The molecule has 270 valence electrons. The second-order valence-corrected chi connectivity index (χ2v) is 13.7. The molecule has 3 N–H and O–H groups in total. The van der Waals surface area contributed by atoms with E-state index in [-0.39, 0.29) is 11.2 Å². The highest BCUT2D eigenvalue weighted by molar-refractivity contribution is 5.91. The van der Waals surface area contributed by atoms with E-state index in [9.17, 15) is 14.8 Å². The minimum atomic E-state index is -0.489. The lowest BCUT2D eigenvalue weighted by Gasteiger charge is -2.29. The van der Waals surface area contributed by atoms with Crippen molar-refractivity contribution < 1.29 is 10.0 Å². The van der Waals surface area contributed by atoms with Gasteiger partial charge < -0.3 is 30.5 Å². The van der Waals surface area contributed by atoms with E-state index in [1.54, 1.807) is 6.07 Å². The maximum absolute atomic E-state index is 12.8. The molecule has 6 heterocycles. The van der Waals surface area contributed by atoms with Gasteiger partial charge in [-0.1, -0.05) is 30.3 Å². The number of pyridine rings is 2. The van der Waals surface area contributed by atoms with Gasteiger partial charge in [0.2, 0.25) is 0 Å². The smallest absolute Gasteiger partial charge is 0.287 e. The molecule has 0 amide bonds. The highest BCUT2D eigenvalue weighted by Gasteiger charge is 2.20. The van der Waals surface area contributed by atoms with Crippen LogP contribution in [0.5, 0.6) is 0 Å². The van der Waals surface area contributed by atoms with Crippen LogP contribution in [0.2, 0.25) is 0 Å². The van der Waals surface area contributed by atoms with E-state index in [1.165, 1.54) is 23.5 Å². The first-order valence-electron chi connectivity index (χ1n) is 17.6. The molecule has 0 radical (unpaired) electrons. The summed E-state index contributed by atoms with van der Waals surface area (Å²) in [5.41, 5.74) is 4.02. The molecule has 14 nitrogen and oxygen atoms in total.